The maximum Gasteiger partial charge on any atom is 0.244 e. The fraction of sp³-hybridized carbons (Fsp3) is 0.312. The van der Waals surface area contributed by atoms with E-state index in [9.17, 15) is 4.79 Å². The summed E-state index contributed by atoms with van der Waals surface area (Å²) in [4.78, 5) is 13.7. The molecule has 1 amide bonds. The summed E-state index contributed by atoms with van der Waals surface area (Å²) >= 11 is 0. The van der Waals surface area contributed by atoms with E-state index in [0.29, 0.717) is 6.54 Å². The van der Waals surface area contributed by atoms with Gasteiger partial charge in [-0.05, 0) is 26.6 Å². The number of amides is 1. The summed E-state index contributed by atoms with van der Waals surface area (Å²) in [6.07, 6.45) is 7.00. The molecule has 1 atom stereocenters. The number of likely N-dealkylation sites (N-methyl/N-ethyl adjacent to an activating group) is 1. The van der Waals surface area contributed by atoms with Crippen LogP contribution in [0.4, 0.5) is 0 Å². The van der Waals surface area contributed by atoms with Crippen LogP contribution in [0.15, 0.2) is 54.6 Å². The Hall–Kier alpha value is -1.87. The van der Waals surface area contributed by atoms with Crippen LogP contribution in [0.5, 0.6) is 0 Å². The standard InChI is InChI=1S/C16H22N2O/c1-4-5-7-12-16(19)17-13-15(18(2)3)14-10-8-6-9-11-14/h4-12,15H,13H2,1-3H3,(H,17,19)/b5-4+,12-7+. The van der Waals surface area contributed by atoms with Crippen molar-refractivity contribution in [1.29, 1.82) is 0 Å². The number of benzene rings is 1. The summed E-state index contributed by atoms with van der Waals surface area (Å²) < 4.78 is 0. The first-order chi connectivity index (χ1) is 9.15. The van der Waals surface area contributed by atoms with Crippen molar-refractivity contribution >= 4 is 5.91 Å². The highest BCUT2D eigenvalue weighted by molar-refractivity contribution is 5.87. The van der Waals surface area contributed by atoms with E-state index in [1.54, 1.807) is 6.08 Å². The quantitative estimate of drug-likeness (QED) is 0.628. The van der Waals surface area contributed by atoms with Crippen LogP contribution in [0.2, 0.25) is 0 Å². The molecule has 1 unspecified atom stereocenters. The predicted octanol–water partition coefficient (Wildman–Crippen LogP) is 2.54. The fourth-order valence-corrected chi connectivity index (χ4v) is 1.78. The summed E-state index contributed by atoms with van der Waals surface area (Å²) in [6, 6.07) is 10.4. The molecule has 19 heavy (non-hydrogen) atoms. The highest BCUT2D eigenvalue weighted by Gasteiger charge is 2.13. The van der Waals surface area contributed by atoms with Gasteiger partial charge in [-0.2, -0.15) is 0 Å². The van der Waals surface area contributed by atoms with Gasteiger partial charge >= 0.3 is 0 Å². The minimum atomic E-state index is -0.0686. The molecule has 0 aliphatic heterocycles. The van der Waals surface area contributed by atoms with Crippen molar-refractivity contribution in [1.82, 2.24) is 10.2 Å². The van der Waals surface area contributed by atoms with Gasteiger partial charge in [0, 0.05) is 12.6 Å². The summed E-state index contributed by atoms with van der Waals surface area (Å²) in [6.45, 7) is 2.51. The summed E-state index contributed by atoms with van der Waals surface area (Å²) in [5, 5.41) is 2.92. The molecule has 0 saturated carbocycles. The van der Waals surface area contributed by atoms with Crippen molar-refractivity contribution in [2.24, 2.45) is 0 Å². The first-order valence-corrected chi connectivity index (χ1v) is 6.43. The summed E-state index contributed by atoms with van der Waals surface area (Å²) in [5.74, 6) is -0.0686. The second kappa shape index (κ2) is 8.27. The Bertz CT molecular complexity index is 435. The second-order valence-electron chi connectivity index (χ2n) is 4.52. The molecule has 1 aromatic carbocycles. The van der Waals surface area contributed by atoms with Crippen molar-refractivity contribution in [2.75, 3.05) is 20.6 Å². The topological polar surface area (TPSA) is 32.3 Å². The van der Waals surface area contributed by atoms with Gasteiger partial charge in [-0.15, -0.1) is 0 Å². The number of nitrogens with zero attached hydrogens (tertiary/aromatic N) is 1. The minimum absolute atomic E-state index is 0.0686. The van der Waals surface area contributed by atoms with Gasteiger partial charge in [0.05, 0.1) is 6.04 Å². The molecule has 0 spiro atoms. The van der Waals surface area contributed by atoms with Gasteiger partial charge in [0.2, 0.25) is 5.91 Å². The molecule has 0 heterocycles. The van der Waals surface area contributed by atoms with E-state index < -0.39 is 0 Å². The molecule has 3 heteroatoms. The first-order valence-electron chi connectivity index (χ1n) is 6.43. The average molecular weight is 258 g/mol. The molecule has 102 valence electrons. The zero-order valence-electron chi connectivity index (χ0n) is 11.8. The van der Waals surface area contributed by atoms with Crippen molar-refractivity contribution in [3.05, 3.63) is 60.2 Å². The molecule has 1 N–H and O–H groups in total. The van der Waals surface area contributed by atoms with Crippen LogP contribution in [-0.4, -0.2) is 31.4 Å². The zero-order chi connectivity index (χ0) is 14.1. The van der Waals surface area contributed by atoms with E-state index in [1.165, 1.54) is 11.6 Å². The monoisotopic (exact) mass is 258 g/mol. The van der Waals surface area contributed by atoms with Crippen LogP contribution < -0.4 is 5.32 Å². The van der Waals surface area contributed by atoms with Gasteiger partial charge in [0.15, 0.2) is 0 Å². The number of rotatable bonds is 6. The molecule has 0 aliphatic rings. The van der Waals surface area contributed by atoms with Crippen molar-refractivity contribution < 1.29 is 4.79 Å². The van der Waals surface area contributed by atoms with Crippen LogP contribution in [0.25, 0.3) is 0 Å². The lowest BCUT2D eigenvalue weighted by atomic mass is 10.1. The fourth-order valence-electron chi connectivity index (χ4n) is 1.78. The molecule has 0 bridgehead atoms. The lowest BCUT2D eigenvalue weighted by Gasteiger charge is -2.24. The van der Waals surface area contributed by atoms with E-state index in [1.807, 2.05) is 51.4 Å². The number of nitrogens with one attached hydrogen (secondary N) is 1. The van der Waals surface area contributed by atoms with Crippen LogP contribution in [0, 0.1) is 0 Å². The van der Waals surface area contributed by atoms with E-state index in [0.717, 1.165) is 0 Å². The molecule has 1 aromatic rings. The Kier molecular flexibility index (Phi) is 6.61. The van der Waals surface area contributed by atoms with Gasteiger partial charge in [-0.25, -0.2) is 0 Å². The number of allylic oxidation sites excluding steroid dienone is 3. The van der Waals surface area contributed by atoms with E-state index in [-0.39, 0.29) is 11.9 Å². The van der Waals surface area contributed by atoms with E-state index >= 15 is 0 Å². The van der Waals surface area contributed by atoms with E-state index in [4.69, 9.17) is 0 Å². The van der Waals surface area contributed by atoms with Gasteiger partial charge in [-0.1, -0.05) is 48.6 Å². The molecular formula is C16H22N2O. The largest absolute Gasteiger partial charge is 0.351 e. The predicted molar refractivity (Wildman–Crippen MR) is 79.8 cm³/mol. The number of carbonyl (C=O) groups excluding carboxylic acids is 1. The number of hydrogen-bond acceptors (Lipinski definition) is 2. The summed E-state index contributed by atoms with van der Waals surface area (Å²) in [5.41, 5.74) is 1.20. The molecule has 0 aromatic heterocycles. The minimum Gasteiger partial charge on any atom is -0.351 e. The van der Waals surface area contributed by atoms with Gasteiger partial charge in [-0.3, -0.25) is 4.79 Å². The Morgan fingerprint density at radius 3 is 2.53 bits per heavy atom. The molecule has 0 fully saturated rings. The van der Waals surface area contributed by atoms with Gasteiger partial charge < -0.3 is 10.2 Å². The van der Waals surface area contributed by atoms with Crippen LogP contribution in [0.1, 0.15) is 18.5 Å². The molecular weight excluding hydrogens is 236 g/mol. The van der Waals surface area contributed by atoms with Crippen molar-refractivity contribution in [3.8, 4) is 0 Å². The van der Waals surface area contributed by atoms with Crippen LogP contribution in [0.3, 0.4) is 0 Å². The lowest BCUT2D eigenvalue weighted by molar-refractivity contribution is -0.116. The molecule has 1 rings (SSSR count). The Balaban J connectivity index is 2.59. The highest BCUT2D eigenvalue weighted by Crippen LogP contribution is 2.16. The maximum absolute atomic E-state index is 11.6. The van der Waals surface area contributed by atoms with Gasteiger partial charge in [0.25, 0.3) is 0 Å². The average Bonchev–Trinajstić information content (AvgIpc) is 2.40. The Morgan fingerprint density at radius 1 is 1.26 bits per heavy atom. The first kappa shape index (κ1) is 15.2. The SMILES string of the molecule is C/C=C/C=C/C(=O)NCC(c1ccccc1)N(C)C. The third-order valence-corrected chi connectivity index (χ3v) is 2.83. The Morgan fingerprint density at radius 2 is 1.95 bits per heavy atom. The normalized spacial score (nSPS) is 13.3. The molecule has 0 radical (unpaired) electrons. The number of hydrogen-bond donors (Lipinski definition) is 1. The third kappa shape index (κ3) is 5.53. The molecule has 0 saturated heterocycles. The number of carbonyl (C=O) groups is 1. The maximum atomic E-state index is 11.6. The highest BCUT2D eigenvalue weighted by atomic mass is 16.1. The Labute approximate surface area is 115 Å². The molecule has 0 aliphatic carbocycles. The third-order valence-electron chi connectivity index (χ3n) is 2.83. The van der Waals surface area contributed by atoms with Crippen LogP contribution in [-0.2, 0) is 4.79 Å². The van der Waals surface area contributed by atoms with E-state index in [2.05, 4.69) is 22.3 Å². The lowest BCUT2D eigenvalue weighted by Crippen LogP contribution is -2.33. The second-order valence-corrected chi connectivity index (χ2v) is 4.52. The van der Waals surface area contributed by atoms with Crippen LogP contribution >= 0.6 is 0 Å². The van der Waals surface area contributed by atoms with Crippen molar-refractivity contribution in [3.63, 3.8) is 0 Å². The smallest absolute Gasteiger partial charge is 0.244 e. The van der Waals surface area contributed by atoms with Gasteiger partial charge in [0.1, 0.15) is 0 Å². The van der Waals surface area contributed by atoms with Crippen molar-refractivity contribution in [2.45, 2.75) is 13.0 Å². The zero-order valence-corrected chi connectivity index (χ0v) is 11.8. The molecule has 3 nitrogen and oxygen atoms in total. The summed E-state index contributed by atoms with van der Waals surface area (Å²) in [7, 11) is 4.03.